The van der Waals surface area contributed by atoms with Gasteiger partial charge in [-0.2, -0.15) is 13.2 Å². The summed E-state index contributed by atoms with van der Waals surface area (Å²) in [5, 5.41) is 23.1. The summed E-state index contributed by atoms with van der Waals surface area (Å²) >= 11 is 0. The van der Waals surface area contributed by atoms with Crippen LogP contribution in [0.3, 0.4) is 0 Å². The molecule has 2 heterocycles. The van der Waals surface area contributed by atoms with Crippen molar-refractivity contribution in [2.75, 3.05) is 19.6 Å². The van der Waals surface area contributed by atoms with Crippen molar-refractivity contribution >= 4 is 28.0 Å². The van der Waals surface area contributed by atoms with E-state index in [2.05, 4.69) is 13.8 Å². The molecule has 45 heavy (non-hydrogen) atoms. The Morgan fingerprint density at radius 3 is 2.24 bits per heavy atom. The number of halogens is 3. The molecule has 3 aromatic carbocycles. The van der Waals surface area contributed by atoms with Gasteiger partial charge in [0, 0.05) is 48.1 Å². The molecule has 1 saturated heterocycles. The number of aromatic nitrogens is 1. The first-order valence-electron chi connectivity index (χ1n) is 15.3. The lowest BCUT2D eigenvalue weighted by atomic mass is 9.88. The molecule has 1 unspecified atom stereocenters. The van der Waals surface area contributed by atoms with Gasteiger partial charge in [-0.05, 0) is 69.0 Å². The minimum atomic E-state index is -4.99. The molecule has 0 aliphatic carbocycles. The maximum absolute atomic E-state index is 14.8. The summed E-state index contributed by atoms with van der Waals surface area (Å²) in [5.74, 6) is 0.133. The van der Waals surface area contributed by atoms with Crippen molar-refractivity contribution in [2.24, 2.45) is 10.9 Å². The summed E-state index contributed by atoms with van der Waals surface area (Å²) in [6.45, 7) is 8.49. The summed E-state index contributed by atoms with van der Waals surface area (Å²) in [5.41, 5.74) is 0.232. The van der Waals surface area contributed by atoms with Crippen LogP contribution in [0.5, 0.6) is 0 Å². The van der Waals surface area contributed by atoms with Gasteiger partial charge < -0.3 is 9.67 Å². The van der Waals surface area contributed by atoms with Crippen LogP contribution in [0.25, 0.3) is 10.9 Å². The summed E-state index contributed by atoms with van der Waals surface area (Å²) in [4.78, 5) is 17.3. The Hall–Kier alpha value is -4.02. The fourth-order valence-electron chi connectivity index (χ4n) is 5.76. The molecule has 1 aliphatic heterocycles. The Kier molecular flexibility index (Phi) is 10.8. The molecule has 5 rings (SSSR count). The Bertz CT molecular complexity index is 1630. The van der Waals surface area contributed by atoms with Gasteiger partial charge in [-0.1, -0.05) is 68.8 Å². The van der Waals surface area contributed by atoms with E-state index in [1.54, 1.807) is 9.47 Å². The molecule has 1 aromatic heterocycles. The van der Waals surface area contributed by atoms with Crippen LogP contribution >= 0.6 is 0 Å². The molecule has 240 valence electrons. The Balaban J connectivity index is 0.00000148. The fraction of sp³-hybridized carbons (Fsp3) is 0.400. The number of nitrogens with zero attached hydrogens (tertiary/aromatic N) is 4. The maximum Gasteiger partial charge on any atom is 0.422 e. The minimum Gasteiger partial charge on any atom is -0.375 e. The second kappa shape index (κ2) is 14.4. The highest BCUT2D eigenvalue weighted by Crippen LogP contribution is 2.44. The number of piperidine rings is 1. The molecule has 7 nitrogen and oxygen atoms in total. The summed E-state index contributed by atoms with van der Waals surface area (Å²) in [7, 11) is 0. The number of hydrogen-bond donors (Lipinski definition) is 1. The molecule has 1 fully saturated rings. The average molecular weight is 623 g/mol. The number of aryl methyl sites for hydroxylation is 1. The van der Waals surface area contributed by atoms with E-state index in [0.29, 0.717) is 25.9 Å². The minimum absolute atomic E-state index is 0.132. The number of nitro groups is 1. The predicted molar refractivity (Wildman–Crippen MR) is 173 cm³/mol. The summed E-state index contributed by atoms with van der Waals surface area (Å²) < 4.78 is 45.9. The molecule has 0 radical (unpaired) electrons. The third kappa shape index (κ3) is 7.80. The molecule has 0 saturated carbocycles. The molecule has 0 bridgehead atoms. The van der Waals surface area contributed by atoms with Crippen LogP contribution in [-0.2, 0) is 12.1 Å². The van der Waals surface area contributed by atoms with Gasteiger partial charge >= 0.3 is 6.18 Å². The Morgan fingerprint density at radius 2 is 1.64 bits per heavy atom. The van der Waals surface area contributed by atoms with E-state index in [0.717, 1.165) is 22.5 Å². The fourth-order valence-corrected chi connectivity index (χ4v) is 5.76. The van der Waals surface area contributed by atoms with Crippen LogP contribution < -0.4 is 0 Å². The smallest absolute Gasteiger partial charge is 0.375 e. The quantitative estimate of drug-likeness (QED) is 0.121. The first-order chi connectivity index (χ1) is 21.4. The van der Waals surface area contributed by atoms with Crippen molar-refractivity contribution in [3.8, 4) is 0 Å². The topological polar surface area (TPSA) is 83.9 Å². The van der Waals surface area contributed by atoms with Crippen LogP contribution in [0.15, 0.2) is 84.0 Å². The normalized spacial score (nSPS) is 16.2. The number of hydrogen-bond acceptors (Lipinski definition) is 5. The number of non-ortho nitro benzene ring substituents is 1. The summed E-state index contributed by atoms with van der Waals surface area (Å²) in [6.07, 6.45) is -1.20. The zero-order chi connectivity index (χ0) is 32.8. The Morgan fingerprint density at radius 1 is 1.02 bits per heavy atom. The van der Waals surface area contributed by atoms with Crippen molar-refractivity contribution in [1.82, 2.24) is 9.47 Å². The molecule has 0 amide bonds. The molecule has 1 aliphatic rings. The SMILES string of the molecule is CC(=Nc1ccccc1C)C1CCN(CC(O)(c2cn(Cc3ccccc3)c3cc([N+](=O)[O-])ccc23)C(F)(F)F)CC1.CCC. The van der Waals surface area contributed by atoms with Gasteiger partial charge in [-0.25, -0.2) is 0 Å². The molecular weight excluding hydrogens is 581 g/mol. The van der Waals surface area contributed by atoms with E-state index >= 15 is 0 Å². The van der Waals surface area contributed by atoms with Gasteiger partial charge in [0.2, 0.25) is 5.60 Å². The monoisotopic (exact) mass is 622 g/mol. The van der Waals surface area contributed by atoms with E-state index in [4.69, 9.17) is 4.99 Å². The zero-order valence-corrected chi connectivity index (χ0v) is 26.2. The highest BCUT2D eigenvalue weighted by molar-refractivity contribution is 5.88. The lowest BCUT2D eigenvalue weighted by molar-refractivity contribution is -0.384. The standard InChI is InChI=1S/C32H33F3N4O3.C3H8/c1-22-8-6-7-11-29(22)36-23(2)25-14-16-37(17-15-25)21-31(40,32(33,34)35)28-20-38(19-24-9-4-3-5-10-24)30-18-26(39(41)42)12-13-27(28)30;1-3-2/h3-13,18,20,25,40H,14-17,19,21H2,1-2H3;3H2,1-2H3. The van der Waals surface area contributed by atoms with Crippen molar-refractivity contribution in [3.63, 3.8) is 0 Å². The van der Waals surface area contributed by atoms with E-state index < -0.39 is 23.2 Å². The van der Waals surface area contributed by atoms with Crippen molar-refractivity contribution in [1.29, 1.82) is 0 Å². The number of fused-ring (bicyclic) bond motifs is 1. The largest absolute Gasteiger partial charge is 0.422 e. The number of β-amino-alcohol motifs (C(OH)–C–C–N with tert-alkyl or cyclic N) is 1. The number of alkyl halides is 3. The highest BCUT2D eigenvalue weighted by Gasteiger charge is 2.57. The third-order valence-corrected chi connectivity index (χ3v) is 8.23. The van der Waals surface area contributed by atoms with Gasteiger partial charge in [0.1, 0.15) is 0 Å². The van der Waals surface area contributed by atoms with Crippen LogP contribution in [0.1, 0.15) is 56.7 Å². The number of benzene rings is 3. The molecular formula is C35H41F3N4O3. The second-order valence-corrected chi connectivity index (χ2v) is 11.8. The maximum atomic E-state index is 14.8. The number of likely N-dealkylation sites (tertiary alicyclic amines) is 1. The van der Waals surface area contributed by atoms with Gasteiger partial charge in [-0.3, -0.25) is 20.0 Å². The van der Waals surface area contributed by atoms with Gasteiger partial charge in [0.15, 0.2) is 0 Å². The number of nitro benzene ring substituents is 1. The van der Waals surface area contributed by atoms with Crippen LogP contribution in [0, 0.1) is 23.0 Å². The summed E-state index contributed by atoms with van der Waals surface area (Å²) in [6, 6.07) is 20.7. The lowest BCUT2D eigenvalue weighted by Crippen LogP contribution is -2.52. The van der Waals surface area contributed by atoms with Crippen molar-refractivity contribution in [3.05, 3.63) is 106 Å². The van der Waals surface area contributed by atoms with Crippen molar-refractivity contribution in [2.45, 2.75) is 65.3 Å². The highest BCUT2D eigenvalue weighted by atomic mass is 19.4. The molecule has 1 atom stereocenters. The van der Waals surface area contributed by atoms with E-state index in [1.165, 1.54) is 30.8 Å². The molecule has 0 spiro atoms. The van der Waals surface area contributed by atoms with E-state index in [1.807, 2.05) is 68.4 Å². The number of rotatable bonds is 8. The van der Waals surface area contributed by atoms with Gasteiger partial charge in [-0.15, -0.1) is 0 Å². The first kappa shape index (κ1) is 33.9. The van der Waals surface area contributed by atoms with Crippen LogP contribution in [-0.4, -0.2) is 51.0 Å². The first-order valence-corrected chi connectivity index (χ1v) is 15.3. The number of aliphatic hydroxyl groups is 1. The average Bonchev–Trinajstić information content (AvgIpc) is 3.37. The van der Waals surface area contributed by atoms with Gasteiger partial charge in [0.25, 0.3) is 5.69 Å². The zero-order valence-electron chi connectivity index (χ0n) is 26.2. The molecule has 4 aromatic rings. The third-order valence-electron chi connectivity index (χ3n) is 8.23. The predicted octanol–water partition coefficient (Wildman–Crippen LogP) is 8.58. The van der Waals surface area contributed by atoms with Crippen LogP contribution in [0.2, 0.25) is 0 Å². The molecule has 1 N–H and O–H groups in total. The van der Waals surface area contributed by atoms with Crippen molar-refractivity contribution < 1.29 is 23.2 Å². The molecule has 10 heteroatoms. The van der Waals surface area contributed by atoms with E-state index in [-0.39, 0.29) is 34.6 Å². The van der Waals surface area contributed by atoms with Crippen LogP contribution in [0.4, 0.5) is 24.5 Å². The number of para-hydroxylation sites is 1. The Labute approximate surface area is 262 Å². The lowest BCUT2D eigenvalue weighted by Gasteiger charge is -2.39. The van der Waals surface area contributed by atoms with E-state index in [9.17, 15) is 28.4 Å². The second-order valence-electron chi connectivity index (χ2n) is 11.8. The number of aliphatic imine (C=N–C) groups is 1. The van der Waals surface area contributed by atoms with Gasteiger partial charge in [0.05, 0.1) is 16.1 Å².